The first kappa shape index (κ1) is 10.5. The Bertz CT molecular complexity index is 454. The summed E-state index contributed by atoms with van der Waals surface area (Å²) in [6, 6.07) is 5.98. The van der Waals surface area contributed by atoms with Crippen LogP contribution in [0.5, 0.6) is 0 Å². The van der Waals surface area contributed by atoms with Gasteiger partial charge in [-0.1, -0.05) is 12.8 Å². The Morgan fingerprint density at radius 1 is 1.31 bits per heavy atom. The molecule has 1 saturated carbocycles. The largest absolute Gasteiger partial charge is 0.325 e. The standard InChI is InChI=1S/C12H12ClNOS/c13-16-8-3-4-10-9(7-8)12(11(15)14-10)5-1-2-6-12/h3-4,7H,1-2,5-6H2,(H,14,15). The molecule has 4 heteroatoms. The van der Waals surface area contributed by atoms with Gasteiger partial charge in [-0.2, -0.15) is 0 Å². The Morgan fingerprint density at radius 3 is 2.75 bits per heavy atom. The Labute approximate surface area is 103 Å². The van der Waals surface area contributed by atoms with E-state index in [-0.39, 0.29) is 11.3 Å². The topological polar surface area (TPSA) is 29.1 Å². The second-order valence-corrected chi connectivity index (χ2v) is 5.62. The predicted molar refractivity (Wildman–Crippen MR) is 66.9 cm³/mol. The van der Waals surface area contributed by atoms with Gasteiger partial charge in [0.2, 0.25) is 5.91 Å². The first-order valence-electron chi connectivity index (χ1n) is 5.51. The number of fused-ring (bicyclic) bond motifs is 2. The van der Waals surface area contributed by atoms with E-state index in [0.717, 1.165) is 41.8 Å². The van der Waals surface area contributed by atoms with Gasteiger partial charge in [-0.15, -0.1) is 0 Å². The van der Waals surface area contributed by atoms with Crippen LogP contribution < -0.4 is 5.32 Å². The van der Waals surface area contributed by atoms with Crippen LogP contribution >= 0.6 is 21.7 Å². The molecule has 1 spiro atoms. The van der Waals surface area contributed by atoms with Gasteiger partial charge in [-0.3, -0.25) is 4.79 Å². The van der Waals surface area contributed by atoms with Gasteiger partial charge in [-0.05, 0) is 58.3 Å². The number of rotatable bonds is 1. The molecule has 1 aliphatic carbocycles. The summed E-state index contributed by atoms with van der Waals surface area (Å²) in [5, 5.41) is 2.99. The van der Waals surface area contributed by atoms with Crippen LogP contribution in [-0.2, 0) is 10.2 Å². The highest BCUT2D eigenvalue weighted by Gasteiger charge is 2.48. The summed E-state index contributed by atoms with van der Waals surface area (Å²) >= 11 is 0. The molecule has 2 aliphatic rings. The molecular formula is C12H12ClNOS. The molecule has 2 nitrogen and oxygen atoms in total. The van der Waals surface area contributed by atoms with Crippen molar-refractivity contribution in [2.45, 2.75) is 36.0 Å². The molecule has 1 amide bonds. The third-order valence-electron chi connectivity index (χ3n) is 3.74. The fraction of sp³-hybridized carbons (Fsp3) is 0.417. The average molecular weight is 254 g/mol. The van der Waals surface area contributed by atoms with E-state index >= 15 is 0 Å². The smallest absolute Gasteiger partial charge is 0.235 e. The van der Waals surface area contributed by atoms with Crippen molar-refractivity contribution in [3.8, 4) is 0 Å². The van der Waals surface area contributed by atoms with Gasteiger partial charge in [0.05, 0.1) is 5.41 Å². The highest BCUT2D eigenvalue weighted by Crippen LogP contribution is 2.49. The first-order valence-corrected chi connectivity index (χ1v) is 7.15. The maximum absolute atomic E-state index is 12.1. The zero-order chi connectivity index (χ0) is 11.2. The fourth-order valence-electron chi connectivity index (χ4n) is 2.92. The summed E-state index contributed by atoms with van der Waals surface area (Å²) < 4.78 is 0. The average Bonchev–Trinajstić information content (AvgIpc) is 2.88. The van der Waals surface area contributed by atoms with Crippen LogP contribution in [0.4, 0.5) is 5.69 Å². The van der Waals surface area contributed by atoms with Gasteiger partial charge < -0.3 is 5.32 Å². The van der Waals surface area contributed by atoms with E-state index in [0.29, 0.717) is 0 Å². The number of amides is 1. The van der Waals surface area contributed by atoms with Gasteiger partial charge >= 0.3 is 0 Å². The number of nitrogens with one attached hydrogen (secondary N) is 1. The van der Waals surface area contributed by atoms with Gasteiger partial charge in [0.25, 0.3) is 0 Å². The number of carbonyl (C=O) groups excluding carboxylic acids is 1. The SMILES string of the molecule is O=C1Nc2ccc(SCl)cc2C12CCCC2. The van der Waals surface area contributed by atoms with E-state index in [1.54, 1.807) is 0 Å². The number of anilines is 1. The van der Waals surface area contributed by atoms with Crippen molar-refractivity contribution in [2.75, 3.05) is 5.32 Å². The van der Waals surface area contributed by atoms with Gasteiger partial charge in [-0.25, -0.2) is 0 Å². The van der Waals surface area contributed by atoms with Crippen molar-refractivity contribution in [2.24, 2.45) is 0 Å². The van der Waals surface area contributed by atoms with E-state index in [1.165, 1.54) is 11.0 Å². The Hall–Kier alpha value is -0.670. The molecule has 0 unspecified atom stereocenters. The zero-order valence-corrected chi connectivity index (χ0v) is 10.3. The lowest BCUT2D eigenvalue weighted by Crippen LogP contribution is -2.30. The normalized spacial score (nSPS) is 21.2. The molecule has 84 valence electrons. The molecule has 0 atom stereocenters. The molecule has 16 heavy (non-hydrogen) atoms. The lowest BCUT2D eigenvalue weighted by atomic mass is 9.80. The molecule has 1 aliphatic heterocycles. The van der Waals surface area contributed by atoms with Crippen molar-refractivity contribution < 1.29 is 4.79 Å². The second kappa shape index (κ2) is 3.67. The summed E-state index contributed by atoms with van der Waals surface area (Å²) in [6.07, 6.45) is 4.24. The molecule has 1 aromatic carbocycles. The summed E-state index contributed by atoms with van der Waals surface area (Å²) in [7, 11) is 6.98. The molecule has 0 aromatic heterocycles. The molecule has 1 N–H and O–H groups in total. The summed E-state index contributed by atoms with van der Waals surface area (Å²) in [6.45, 7) is 0. The second-order valence-electron chi connectivity index (χ2n) is 4.53. The minimum Gasteiger partial charge on any atom is -0.325 e. The van der Waals surface area contributed by atoms with E-state index in [9.17, 15) is 4.79 Å². The lowest BCUT2D eigenvalue weighted by Gasteiger charge is -2.20. The zero-order valence-electron chi connectivity index (χ0n) is 8.75. The molecule has 1 fully saturated rings. The highest BCUT2D eigenvalue weighted by molar-refractivity contribution is 8.21. The van der Waals surface area contributed by atoms with Crippen LogP contribution in [0.1, 0.15) is 31.2 Å². The van der Waals surface area contributed by atoms with E-state index in [1.807, 2.05) is 12.1 Å². The molecule has 0 radical (unpaired) electrons. The van der Waals surface area contributed by atoms with Gasteiger partial charge in [0.1, 0.15) is 0 Å². The van der Waals surface area contributed by atoms with E-state index in [4.69, 9.17) is 10.7 Å². The number of benzene rings is 1. The number of carbonyl (C=O) groups is 1. The van der Waals surface area contributed by atoms with Crippen molar-refractivity contribution in [3.63, 3.8) is 0 Å². The van der Waals surface area contributed by atoms with Gasteiger partial charge in [0, 0.05) is 10.6 Å². The molecule has 1 heterocycles. The molecule has 1 aromatic rings. The third kappa shape index (κ3) is 1.31. The van der Waals surface area contributed by atoms with Crippen LogP contribution in [0.2, 0.25) is 0 Å². The van der Waals surface area contributed by atoms with Crippen LogP contribution in [0.15, 0.2) is 23.1 Å². The number of hydrogen-bond donors (Lipinski definition) is 1. The number of hydrogen-bond acceptors (Lipinski definition) is 2. The third-order valence-corrected chi connectivity index (χ3v) is 4.70. The van der Waals surface area contributed by atoms with E-state index in [2.05, 4.69) is 11.4 Å². The van der Waals surface area contributed by atoms with Crippen molar-refractivity contribution in [1.29, 1.82) is 0 Å². The minimum atomic E-state index is -0.252. The summed E-state index contributed by atoms with van der Waals surface area (Å²) in [5.41, 5.74) is 1.87. The molecule has 0 saturated heterocycles. The summed E-state index contributed by atoms with van der Waals surface area (Å²) in [4.78, 5) is 13.1. The molecular weight excluding hydrogens is 242 g/mol. The van der Waals surface area contributed by atoms with Crippen molar-refractivity contribution in [3.05, 3.63) is 23.8 Å². The monoisotopic (exact) mass is 253 g/mol. The summed E-state index contributed by atoms with van der Waals surface area (Å²) in [5.74, 6) is 0.178. The molecule has 0 bridgehead atoms. The van der Waals surface area contributed by atoms with Crippen LogP contribution in [0, 0.1) is 0 Å². The Balaban J connectivity index is 2.14. The fourth-order valence-corrected chi connectivity index (χ4v) is 3.49. The maximum atomic E-state index is 12.1. The predicted octanol–water partition coefficient (Wildman–Crippen LogP) is 3.70. The minimum absolute atomic E-state index is 0.178. The number of halogens is 1. The van der Waals surface area contributed by atoms with Crippen LogP contribution in [0.3, 0.4) is 0 Å². The Kier molecular flexibility index (Phi) is 2.41. The maximum Gasteiger partial charge on any atom is 0.235 e. The highest BCUT2D eigenvalue weighted by atomic mass is 35.7. The van der Waals surface area contributed by atoms with Crippen molar-refractivity contribution in [1.82, 2.24) is 0 Å². The van der Waals surface area contributed by atoms with Crippen LogP contribution in [0.25, 0.3) is 0 Å². The van der Waals surface area contributed by atoms with E-state index < -0.39 is 0 Å². The lowest BCUT2D eigenvalue weighted by molar-refractivity contribution is -0.120. The molecule has 3 rings (SSSR count). The Morgan fingerprint density at radius 2 is 2.06 bits per heavy atom. The first-order chi connectivity index (χ1) is 7.76. The van der Waals surface area contributed by atoms with Gasteiger partial charge in [0.15, 0.2) is 0 Å². The van der Waals surface area contributed by atoms with Crippen molar-refractivity contribution >= 4 is 33.3 Å². The van der Waals surface area contributed by atoms with Crippen LogP contribution in [-0.4, -0.2) is 5.91 Å². The quantitative estimate of drug-likeness (QED) is 0.827.